The lowest BCUT2D eigenvalue weighted by atomic mass is 9.72. The minimum Gasteiger partial charge on any atom is -0.290 e. The molecule has 0 bridgehead atoms. The van der Waals surface area contributed by atoms with Crippen molar-refractivity contribution in [2.24, 2.45) is 5.41 Å². The SMILES string of the molecule is CC1=C(/C=C/C(=O)/C=C/c2ccc(C(F)(F)F)cc2)C(C)(C)CCC1. The van der Waals surface area contributed by atoms with Crippen LogP contribution in [0.3, 0.4) is 0 Å². The second-order valence-corrected chi connectivity index (χ2v) is 7.12. The lowest BCUT2D eigenvalue weighted by Crippen LogP contribution is -2.19. The van der Waals surface area contributed by atoms with Gasteiger partial charge in [-0.15, -0.1) is 0 Å². The molecule has 0 unspecified atom stereocenters. The summed E-state index contributed by atoms with van der Waals surface area (Å²) in [6, 6.07) is 4.73. The van der Waals surface area contributed by atoms with Crippen molar-refractivity contribution in [2.45, 2.75) is 46.2 Å². The number of carbonyl (C=O) groups excluding carboxylic acids is 1. The Kier molecular flexibility index (Phi) is 5.71. The summed E-state index contributed by atoms with van der Waals surface area (Å²) in [5, 5.41) is 0. The number of carbonyl (C=O) groups is 1. The van der Waals surface area contributed by atoms with Gasteiger partial charge in [0.2, 0.25) is 0 Å². The van der Waals surface area contributed by atoms with Gasteiger partial charge < -0.3 is 0 Å². The molecule has 0 aliphatic heterocycles. The van der Waals surface area contributed by atoms with Crippen LogP contribution in [0.1, 0.15) is 51.2 Å². The van der Waals surface area contributed by atoms with Gasteiger partial charge in [0.05, 0.1) is 5.56 Å². The molecular formula is C21H23F3O. The van der Waals surface area contributed by atoms with Crippen molar-refractivity contribution in [2.75, 3.05) is 0 Å². The summed E-state index contributed by atoms with van der Waals surface area (Å²) in [6.07, 6.45) is 5.29. The minimum absolute atomic E-state index is 0.0657. The third-order valence-electron chi connectivity index (χ3n) is 4.63. The molecular weight excluding hydrogens is 325 g/mol. The number of benzene rings is 1. The average Bonchev–Trinajstić information content (AvgIpc) is 2.51. The van der Waals surface area contributed by atoms with Crippen LogP contribution in [0.2, 0.25) is 0 Å². The van der Waals surface area contributed by atoms with Crippen LogP contribution in [0.25, 0.3) is 6.08 Å². The van der Waals surface area contributed by atoms with Crippen molar-refractivity contribution in [3.63, 3.8) is 0 Å². The monoisotopic (exact) mass is 348 g/mol. The summed E-state index contributed by atoms with van der Waals surface area (Å²) in [5.74, 6) is -0.179. The summed E-state index contributed by atoms with van der Waals surface area (Å²) in [6.45, 7) is 6.46. The van der Waals surface area contributed by atoms with E-state index < -0.39 is 11.7 Å². The highest BCUT2D eigenvalue weighted by atomic mass is 19.4. The van der Waals surface area contributed by atoms with Crippen LogP contribution in [-0.2, 0) is 11.0 Å². The Morgan fingerprint density at radius 1 is 1.08 bits per heavy atom. The van der Waals surface area contributed by atoms with Gasteiger partial charge >= 0.3 is 6.18 Å². The summed E-state index contributed by atoms with van der Waals surface area (Å²) in [5.41, 5.74) is 2.44. The molecule has 0 saturated carbocycles. The Hall–Kier alpha value is -2.10. The van der Waals surface area contributed by atoms with Crippen molar-refractivity contribution < 1.29 is 18.0 Å². The van der Waals surface area contributed by atoms with Crippen molar-refractivity contribution in [1.82, 2.24) is 0 Å². The fourth-order valence-corrected chi connectivity index (χ4v) is 3.19. The Morgan fingerprint density at radius 2 is 1.68 bits per heavy atom. The second kappa shape index (κ2) is 7.42. The number of ketones is 1. The minimum atomic E-state index is -4.35. The zero-order valence-corrected chi connectivity index (χ0v) is 14.8. The number of alkyl halides is 3. The van der Waals surface area contributed by atoms with Crippen LogP contribution in [0.5, 0.6) is 0 Å². The molecule has 1 aliphatic carbocycles. The summed E-state index contributed by atoms with van der Waals surface area (Å²) >= 11 is 0. The van der Waals surface area contributed by atoms with Crippen LogP contribution in [0, 0.1) is 5.41 Å². The van der Waals surface area contributed by atoms with Gasteiger partial charge in [-0.3, -0.25) is 4.79 Å². The summed E-state index contributed by atoms with van der Waals surface area (Å²) < 4.78 is 37.6. The van der Waals surface area contributed by atoms with E-state index in [2.05, 4.69) is 20.8 Å². The molecule has 0 heterocycles. The van der Waals surface area contributed by atoms with E-state index in [4.69, 9.17) is 0 Å². The number of halogens is 3. The zero-order valence-electron chi connectivity index (χ0n) is 14.8. The molecule has 0 saturated heterocycles. The standard InChI is InChI=1S/C21H23F3O/c1-15-5-4-14-20(2,3)19(15)13-12-18(25)11-8-16-6-9-17(10-7-16)21(22,23)24/h6-13H,4-5,14H2,1-3H3/b11-8+,13-12+. The molecule has 4 heteroatoms. The van der Waals surface area contributed by atoms with E-state index in [1.165, 1.54) is 41.5 Å². The molecule has 1 nitrogen and oxygen atoms in total. The normalized spacial score (nSPS) is 18.3. The van der Waals surface area contributed by atoms with Crippen LogP contribution in [-0.4, -0.2) is 5.78 Å². The number of hydrogen-bond acceptors (Lipinski definition) is 1. The van der Waals surface area contributed by atoms with Gasteiger partial charge in [-0.05, 0) is 67.0 Å². The first kappa shape index (κ1) is 19.2. The highest BCUT2D eigenvalue weighted by Gasteiger charge is 2.29. The predicted molar refractivity (Wildman–Crippen MR) is 95.0 cm³/mol. The van der Waals surface area contributed by atoms with Gasteiger partial charge in [0, 0.05) is 0 Å². The molecule has 0 radical (unpaired) electrons. The van der Waals surface area contributed by atoms with E-state index in [9.17, 15) is 18.0 Å². The van der Waals surface area contributed by atoms with Crippen LogP contribution in [0.4, 0.5) is 13.2 Å². The van der Waals surface area contributed by atoms with E-state index in [0.29, 0.717) is 5.56 Å². The van der Waals surface area contributed by atoms with Crippen LogP contribution < -0.4 is 0 Å². The lowest BCUT2D eigenvalue weighted by Gasteiger charge is -2.32. The van der Waals surface area contributed by atoms with Gasteiger partial charge in [-0.25, -0.2) is 0 Å². The van der Waals surface area contributed by atoms with Gasteiger partial charge in [0.15, 0.2) is 5.78 Å². The van der Waals surface area contributed by atoms with Gasteiger partial charge in [-0.2, -0.15) is 13.2 Å². The molecule has 0 aromatic heterocycles. The van der Waals surface area contributed by atoms with E-state index in [0.717, 1.165) is 31.4 Å². The summed E-state index contributed by atoms with van der Waals surface area (Å²) in [4.78, 5) is 12.0. The maximum absolute atomic E-state index is 12.5. The fourth-order valence-electron chi connectivity index (χ4n) is 3.19. The van der Waals surface area contributed by atoms with Crippen LogP contribution in [0.15, 0.2) is 53.6 Å². The molecule has 134 valence electrons. The molecule has 0 amide bonds. The first-order valence-corrected chi connectivity index (χ1v) is 8.37. The Bertz CT molecular complexity index is 717. The Balaban J connectivity index is 2.06. The summed E-state index contributed by atoms with van der Waals surface area (Å²) in [7, 11) is 0. The third kappa shape index (κ3) is 5.18. The highest BCUT2D eigenvalue weighted by molar-refractivity contribution is 6.02. The predicted octanol–water partition coefficient (Wildman–Crippen LogP) is 6.37. The first-order chi connectivity index (χ1) is 11.6. The van der Waals surface area contributed by atoms with Crippen molar-refractivity contribution in [3.8, 4) is 0 Å². The molecule has 0 fully saturated rings. The van der Waals surface area contributed by atoms with E-state index in [1.54, 1.807) is 0 Å². The largest absolute Gasteiger partial charge is 0.416 e. The maximum Gasteiger partial charge on any atom is 0.416 e. The molecule has 1 aliphatic rings. The molecule has 25 heavy (non-hydrogen) atoms. The second-order valence-electron chi connectivity index (χ2n) is 7.12. The highest BCUT2D eigenvalue weighted by Crippen LogP contribution is 2.40. The number of hydrogen-bond donors (Lipinski definition) is 0. The Labute approximate surface area is 146 Å². The van der Waals surface area contributed by atoms with Crippen molar-refractivity contribution >= 4 is 11.9 Å². The smallest absolute Gasteiger partial charge is 0.290 e. The van der Waals surface area contributed by atoms with Gasteiger partial charge in [0.1, 0.15) is 0 Å². The van der Waals surface area contributed by atoms with E-state index in [1.807, 2.05) is 6.08 Å². The molecule has 0 N–H and O–H groups in total. The fraction of sp³-hybridized carbons (Fsp3) is 0.381. The van der Waals surface area contributed by atoms with Gasteiger partial charge in [-0.1, -0.05) is 43.7 Å². The third-order valence-corrected chi connectivity index (χ3v) is 4.63. The Morgan fingerprint density at radius 3 is 2.24 bits per heavy atom. The molecule has 0 atom stereocenters. The quantitative estimate of drug-likeness (QED) is 0.578. The van der Waals surface area contributed by atoms with Crippen LogP contribution >= 0.6 is 0 Å². The van der Waals surface area contributed by atoms with E-state index >= 15 is 0 Å². The number of allylic oxidation sites excluding steroid dienone is 5. The number of rotatable bonds is 4. The molecule has 0 spiro atoms. The maximum atomic E-state index is 12.5. The lowest BCUT2D eigenvalue weighted by molar-refractivity contribution is -0.137. The molecule has 2 rings (SSSR count). The molecule has 1 aromatic rings. The van der Waals surface area contributed by atoms with Crippen molar-refractivity contribution in [3.05, 3.63) is 64.8 Å². The molecule has 1 aromatic carbocycles. The van der Waals surface area contributed by atoms with Gasteiger partial charge in [0.25, 0.3) is 0 Å². The zero-order chi connectivity index (χ0) is 18.7. The topological polar surface area (TPSA) is 17.1 Å². The first-order valence-electron chi connectivity index (χ1n) is 8.37. The van der Waals surface area contributed by atoms with Crippen molar-refractivity contribution in [1.29, 1.82) is 0 Å². The van der Waals surface area contributed by atoms with E-state index in [-0.39, 0.29) is 11.2 Å². The average molecular weight is 348 g/mol.